The van der Waals surface area contributed by atoms with Gasteiger partial charge in [-0.3, -0.25) is 9.59 Å². The molecule has 9 nitrogen and oxygen atoms in total. The van der Waals surface area contributed by atoms with E-state index in [1.807, 2.05) is 16.8 Å². The lowest BCUT2D eigenvalue weighted by molar-refractivity contribution is -0.148. The summed E-state index contributed by atoms with van der Waals surface area (Å²) in [6.45, 7) is 0.625. The maximum absolute atomic E-state index is 12.7. The molecule has 1 aliphatic rings. The highest BCUT2D eigenvalue weighted by molar-refractivity contribution is 7.08. The molecule has 128 valence electrons. The van der Waals surface area contributed by atoms with Crippen LogP contribution in [0.1, 0.15) is 12.8 Å². The van der Waals surface area contributed by atoms with Crippen LogP contribution in [-0.2, 0) is 20.9 Å². The molecule has 1 fully saturated rings. The average molecular weight is 351 g/mol. The van der Waals surface area contributed by atoms with Gasteiger partial charge < -0.3 is 14.7 Å². The Morgan fingerprint density at radius 1 is 1.42 bits per heavy atom. The van der Waals surface area contributed by atoms with Gasteiger partial charge in [-0.25, -0.2) is 4.68 Å². The number of hydrogen-bond acceptors (Lipinski definition) is 7. The first-order chi connectivity index (χ1) is 11.6. The summed E-state index contributed by atoms with van der Waals surface area (Å²) < 4.78 is 6.69. The van der Waals surface area contributed by atoms with Crippen molar-refractivity contribution in [1.29, 1.82) is 0 Å². The van der Waals surface area contributed by atoms with Gasteiger partial charge in [0.25, 0.3) is 0 Å². The highest BCUT2D eigenvalue weighted by Crippen LogP contribution is 2.20. The molecule has 2 aromatic heterocycles. The number of carbonyl (C=O) groups excluding carboxylic acids is 1. The maximum atomic E-state index is 12.7. The number of carbonyl (C=O) groups is 2. The van der Waals surface area contributed by atoms with Gasteiger partial charge in [0, 0.05) is 30.2 Å². The fourth-order valence-corrected chi connectivity index (χ4v) is 3.33. The predicted octanol–water partition coefficient (Wildman–Crippen LogP) is 0.494. The van der Waals surface area contributed by atoms with E-state index >= 15 is 0 Å². The zero-order valence-electron chi connectivity index (χ0n) is 12.9. The van der Waals surface area contributed by atoms with Crippen LogP contribution in [-0.4, -0.2) is 67.9 Å². The number of carboxylic acids is 1. The van der Waals surface area contributed by atoms with Crippen molar-refractivity contribution < 1.29 is 19.4 Å². The Hall–Kier alpha value is -2.33. The number of rotatable bonds is 6. The summed E-state index contributed by atoms with van der Waals surface area (Å²) in [5.41, 5.74) is 0.827. The molecule has 0 spiro atoms. The number of aliphatic carboxylic acids is 1. The minimum absolute atomic E-state index is 0.0944. The lowest BCUT2D eigenvalue weighted by Crippen LogP contribution is -2.47. The number of tetrazole rings is 1. The molecule has 1 N–H and O–H groups in total. The molecule has 0 atom stereocenters. The van der Waals surface area contributed by atoms with E-state index in [-0.39, 0.29) is 25.0 Å². The van der Waals surface area contributed by atoms with Crippen LogP contribution in [0.5, 0.6) is 0 Å². The molecule has 0 aliphatic carbocycles. The number of carboxylic acid groups (broad SMARTS) is 1. The van der Waals surface area contributed by atoms with Crippen molar-refractivity contribution in [2.24, 2.45) is 0 Å². The van der Waals surface area contributed by atoms with Gasteiger partial charge in [0.1, 0.15) is 13.1 Å². The van der Waals surface area contributed by atoms with E-state index in [0.29, 0.717) is 31.9 Å². The van der Waals surface area contributed by atoms with Crippen LogP contribution < -0.4 is 0 Å². The number of thiophene rings is 1. The second-order valence-corrected chi connectivity index (χ2v) is 6.21. The third kappa shape index (κ3) is 3.77. The SMILES string of the molecule is O=C(O)CN(C(=O)Cn1nnnc1-c1ccsc1)C1CCOCC1. The Morgan fingerprint density at radius 3 is 2.88 bits per heavy atom. The first kappa shape index (κ1) is 16.5. The molecule has 0 saturated carbocycles. The third-order valence-corrected chi connectivity index (χ3v) is 4.54. The van der Waals surface area contributed by atoms with Crippen molar-refractivity contribution in [3.8, 4) is 11.4 Å². The van der Waals surface area contributed by atoms with Gasteiger partial charge in [-0.1, -0.05) is 0 Å². The normalized spacial score (nSPS) is 15.3. The van der Waals surface area contributed by atoms with E-state index in [4.69, 9.17) is 9.84 Å². The molecule has 3 rings (SSSR count). The summed E-state index contributed by atoms with van der Waals surface area (Å²) in [5, 5.41) is 24.3. The molecule has 24 heavy (non-hydrogen) atoms. The van der Waals surface area contributed by atoms with E-state index < -0.39 is 5.97 Å². The van der Waals surface area contributed by atoms with Crippen LogP contribution in [0.3, 0.4) is 0 Å². The highest BCUT2D eigenvalue weighted by Gasteiger charge is 2.28. The van der Waals surface area contributed by atoms with Crippen LogP contribution in [0.25, 0.3) is 11.4 Å². The van der Waals surface area contributed by atoms with Crippen molar-refractivity contribution in [2.45, 2.75) is 25.4 Å². The molecule has 0 radical (unpaired) electrons. The summed E-state index contributed by atoms with van der Waals surface area (Å²) >= 11 is 1.51. The standard InChI is InChI=1S/C14H17N5O4S/c20-12(18(8-13(21)22)11-1-4-23-5-2-11)7-19-14(15-16-17-19)10-3-6-24-9-10/h3,6,9,11H,1-2,4-5,7-8H2,(H,21,22). The first-order valence-corrected chi connectivity index (χ1v) is 8.47. The van der Waals surface area contributed by atoms with Crippen molar-refractivity contribution in [1.82, 2.24) is 25.1 Å². The predicted molar refractivity (Wildman–Crippen MR) is 84.3 cm³/mol. The summed E-state index contributed by atoms with van der Waals surface area (Å²) in [7, 11) is 0. The Kier molecular flexibility index (Phi) is 5.16. The van der Waals surface area contributed by atoms with Crippen LogP contribution >= 0.6 is 11.3 Å². The van der Waals surface area contributed by atoms with Gasteiger partial charge >= 0.3 is 5.97 Å². The number of aromatic nitrogens is 4. The summed E-state index contributed by atoms with van der Waals surface area (Å²) in [6, 6.07) is 1.73. The van der Waals surface area contributed by atoms with Crippen molar-refractivity contribution >= 4 is 23.2 Å². The van der Waals surface area contributed by atoms with E-state index in [2.05, 4.69) is 15.5 Å². The van der Waals surface area contributed by atoms with Gasteiger partial charge in [0.15, 0.2) is 5.82 Å². The van der Waals surface area contributed by atoms with Gasteiger partial charge in [0.2, 0.25) is 5.91 Å². The molecular weight excluding hydrogens is 334 g/mol. The van der Waals surface area contributed by atoms with Crippen LogP contribution in [0.4, 0.5) is 0 Å². The highest BCUT2D eigenvalue weighted by atomic mass is 32.1. The number of nitrogens with zero attached hydrogens (tertiary/aromatic N) is 5. The van der Waals surface area contributed by atoms with E-state index in [1.165, 1.54) is 20.9 Å². The van der Waals surface area contributed by atoms with E-state index in [0.717, 1.165) is 5.56 Å². The second-order valence-electron chi connectivity index (χ2n) is 5.43. The molecule has 10 heteroatoms. The topological polar surface area (TPSA) is 110 Å². The molecule has 1 saturated heterocycles. The average Bonchev–Trinajstić information content (AvgIpc) is 3.24. The minimum atomic E-state index is -1.04. The van der Waals surface area contributed by atoms with Crippen LogP contribution in [0.15, 0.2) is 16.8 Å². The molecule has 2 aromatic rings. The fraction of sp³-hybridized carbons (Fsp3) is 0.500. The zero-order valence-corrected chi connectivity index (χ0v) is 13.7. The Labute approximate surface area is 141 Å². The van der Waals surface area contributed by atoms with Gasteiger partial charge in [-0.05, 0) is 34.7 Å². The minimum Gasteiger partial charge on any atom is -0.480 e. The fourth-order valence-electron chi connectivity index (χ4n) is 2.69. The van der Waals surface area contributed by atoms with Gasteiger partial charge in [-0.2, -0.15) is 11.3 Å². The monoisotopic (exact) mass is 351 g/mol. The summed E-state index contributed by atoms with van der Waals surface area (Å²) in [4.78, 5) is 25.2. The van der Waals surface area contributed by atoms with Gasteiger partial charge in [-0.15, -0.1) is 5.10 Å². The Bertz CT molecular complexity index is 696. The zero-order chi connectivity index (χ0) is 16.9. The lowest BCUT2D eigenvalue weighted by Gasteiger charge is -2.33. The van der Waals surface area contributed by atoms with E-state index in [1.54, 1.807) is 0 Å². The smallest absolute Gasteiger partial charge is 0.323 e. The number of amides is 1. The Morgan fingerprint density at radius 2 is 2.21 bits per heavy atom. The number of hydrogen-bond donors (Lipinski definition) is 1. The number of ether oxygens (including phenoxy) is 1. The van der Waals surface area contributed by atoms with E-state index in [9.17, 15) is 9.59 Å². The third-order valence-electron chi connectivity index (χ3n) is 3.85. The molecule has 1 amide bonds. The first-order valence-electron chi connectivity index (χ1n) is 7.53. The molecule has 0 unspecified atom stereocenters. The maximum Gasteiger partial charge on any atom is 0.323 e. The lowest BCUT2D eigenvalue weighted by atomic mass is 10.1. The molecule has 0 bridgehead atoms. The summed E-state index contributed by atoms with van der Waals surface area (Å²) in [6.07, 6.45) is 1.26. The largest absolute Gasteiger partial charge is 0.480 e. The molecule has 0 aromatic carbocycles. The quantitative estimate of drug-likeness (QED) is 0.806. The molecular formula is C14H17N5O4S. The van der Waals surface area contributed by atoms with Crippen molar-refractivity contribution in [3.63, 3.8) is 0 Å². The molecule has 1 aliphatic heterocycles. The summed E-state index contributed by atoms with van der Waals surface area (Å²) in [5.74, 6) is -0.857. The van der Waals surface area contributed by atoms with Crippen LogP contribution in [0.2, 0.25) is 0 Å². The molecule has 3 heterocycles. The van der Waals surface area contributed by atoms with Crippen molar-refractivity contribution in [2.75, 3.05) is 19.8 Å². The second kappa shape index (κ2) is 7.49. The van der Waals surface area contributed by atoms with Crippen LogP contribution in [0, 0.1) is 0 Å². The van der Waals surface area contributed by atoms with Crippen molar-refractivity contribution in [3.05, 3.63) is 16.8 Å². The van der Waals surface area contributed by atoms with Gasteiger partial charge in [0.05, 0.1) is 0 Å². The Balaban J connectivity index is 1.76.